The Kier molecular flexibility index (Phi) is 4.04. The van der Waals surface area contributed by atoms with Crippen molar-refractivity contribution in [1.82, 2.24) is 15.3 Å². The van der Waals surface area contributed by atoms with Crippen LogP contribution in [-0.2, 0) is 16.6 Å². The lowest BCUT2D eigenvalue weighted by Gasteiger charge is -2.06. The zero-order chi connectivity index (χ0) is 14.6. The Bertz CT molecular complexity index is 678. The molecule has 0 unspecified atom stereocenters. The highest BCUT2D eigenvalue weighted by atomic mass is 32.2. The van der Waals surface area contributed by atoms with E-state index in [0.717, 1.165) is 6.26 Å². The predicted octanol–water partition coefficient (Wildman–Crippen LogP) is 0.711. The zero-order valence-electron chi connectivity index (χ0n) is 10.8. The zero-order valence-corrected chi connectivity index (χ0v) is 11.6. The lowest BCUT2D eigenvalue weighted by molar-refractivity contribution is 0.0950. The second-order valence-electron chi connectivity index (χ2n) is 4.17. The average Bonchev–Trinajstić information content (AvgIpc) is 2.88. The standard InChI is InChI=1S/C12H14N4O3S/c1-20(18,19)16-10-4-2-9(3-5-10)12(17)15-8-11-13-6-7-14-11/h2-7,16H,8H2,1H3,(H,13,14)(H,15,17). The van der Waals surface area contributed by atoms with E-state index in [1.807, 2.05) is 0 Å². The maximum atomic E-state index is 11.8. The van der Waals surface area contributed by atoms with Gasteiger partial charge >= 0.3 is 0 Å². The minimum atomic E-state index is -3.31. The number of benzene rings is 1. The molecule has 1 heterocycles. The van der Waals surface area contributed by atoms with Crippen LogP contribution in [0.4, 0.5) is 5.69 Å². The predicted molar refractivity (Wildman–Crippen MR) is 74.7 cm³/mol. The fourth-order valence-corrected chi connectivity index (χ4v) is 2.13. The van der Waals surface area contributed by atoms with Gasteiger partial charge in [-0.1, -0.05) is 0 Å². The number of sulfonamides is 1. The largest absolute Gasteiger partial charge is 0.347 e. The smallest absolute Gasteiger partial charge is 0.251 e. The summed E-state index contributed by atoms with van der Waals surface area (Å²) in [5.74, 6) is 0.404. The van der Waals surface area contributed by atoms with Crippen molar-refractivity contribution in [3.05, 3.63) is 48.0 Å². The van der Waals surface area contributed by atoms with E-state index < -0.39 is 10.0 Å². The highest BCUT2D eigenvalue weighted by Crippen LogP contribution is 2.10. The van der Waals surface area contributed by atoms with Gasteiger partial charge in [-0.25, -0.2) is 13.4 Å². The van der Waals surface area contributed by atoms with Gasteiger partial charge in [0.05, 0.1) is 12.8 Å². The number of carbonyl (C=O) groups excluding carboxylic acids is 1. The number of H-pyrrole nitrogens is 1. The highest BCUT2D eigenvalue weighted by molar-refractivity contribution is 7.92. The lowest BCUT2D eigenvalue weighted by Crippen LogP contribution is -2.23. The molecule has 0 radical (unpaired) electrons. The quantitative estimate of drug-likeness (QED) is 0.755. The van der Waals surface area contributed by atoms with Gasteiger partial charge in [0.2, 0.25) is 10.0 Å². The number of hydrogen-bond donors (Lipinski definition) is 3. The first-order valence-corrected chi connectivity index (χ1v) is 7.67. The van der Waals surface area contributed by atoms with Crippen LogP contribution in [0.5, 0.6) is 0 Å². The van der Waals surface area contributed by atoms with E-state index in [9.17, 15) is 13.2 Å². The first kappa shape index (κ1) is 14.1. The SMILES string of the molecule is CS(=O)(=O)Nc1ccc(C(=O)NCc2ncc[nH]2)cc1. The molecule has 7 nitrogen and oxygen atoms in total. The van der Waals surface area contributed by atoms with Crippen LogP contribution < -0.4 is 10.0 Å². The van der Waals surface area contributed by atoms with Crippen molar-refractivity contribution in [3.63, 3.8) is 0 Å². The first-order chi connectivity index (χ1) is 9.44. The van der Waals surface area contributed by atoms with Gasteiger partial charge in [0.15, 0.2) is 0 Å². The summed E-state index contributed by atoms with van der Waals surface area (Å²) < 4.78 is 24.4. The Morgan fingerprint density at radius 2 is 2.00 bits per heavy atom. The van der Waals surface area contributed by atoms with Crippen LogP contribution in [0.2, 0.25) is 0 Å². The van der Waals surface area contributed by atoms with Crippen molar-refractivity contribution in [2.45, 2.75) is 6.54 Å². The second kappa shape index (κ2) is 5.74. The number of aromatic amines is 1. The Balaban J connectivity index is 1.97. The summed E-state index contributed by atoms with van der Waals surface area (Å²) in [4.78, 5) is 18.7. The number of rotatable bonds is 5. The summed E-state index contributed by atoms with van der Waals surface area (Å²) in [6.45, 7) is 0.301. The molecule has 0 aliphatic rings. The van der Waals surface area contributed by atoms with Crippen LogP contribution in [0.15, 0.2) is 36.7 Å². The van der Waals surface area contributed by atoms with Crippen LogP contribution in [0.25, 0.3) is 0 Å². The molecule has 0 saturated heterocycles. The summed E-state index contributed by atoms with van der Waals surface area (Å²) in [6, 6.07) is 6.15. The number of imidazole rings is 1. The van der Waals surface area contributed by atoms with Gasteiger partial charge in [-0.3, -0.25) is 9.52 Å². The maximum Gasteiger partial charge on any atom is 0.251 e. The molecule has 0 fully saturated rings. The van der Waals surface area contributed by atoms with E-state index in [2.05, 4.69) is 20.0 Å². The first-order valence-electron chi connectivity index (χ1n) is 5.78. The van der Waals surface area contributed by atoms with E-state index in [1.165, 1.54) is 12.1 Å². The van der Waals surface area contributed by atoms with E-state index in [1.54, 1.807) is 24.5 Å². The van der Waals surface area contributed by atoms with Crippen molar-refractivity contribution in [2.24, 2.45) is 0 Å². The molecule has 1 aromatic heterocycles. The molecule has 0 bridgehead atoms. The number of anilines is 1. The van der Waals surface area contributed by atoms with Gasteiger partial charge in [-0.05, 0) is 24.3 Å². The van der Waals surface area contributed by atoms with Crippen molar-refractivity contribution in [3.8, 4) is 0 Å². The van der Waals surface area contributed by atoms with Crippen LogP contribution in [0.1, 0.15) is 16.2 Å². The Morgan fingerprint density at radius 1 is 1.30 bits per heavy atom. The van der Waals surface area contributed by atoms with E-state index >= 15 is 0 Å². The van der Waals surface area contributed by atoms with Crippen LogP contribution in [0.3, 0.4) is 0 Å². The molecule has 1 aromatic carbocycles. The number of nitrogens with one attached hydrogen (secondary N) is 3. The summed E-state index contributed by atoms with van der Waals surface area (Å²) in [6.07, 6.45) is 4.34. The van der Waals surface area contributed by atoms with Gasteiger partial charge < -0.3 is 10.3 Å². The van der Waals surface area contributed by atoms with Crippen LogP contribution in [0, 0.1) is 0 Å². The summed E-state index contributed by atoms with van der Waals surface area (Å²) in [7, 11) is -3.31. The molecule has 106 valence electrons. The number of aromatic nitrogens is 2. The third kappa shape index (κ3) is 4.09. The highest BCUT2D eigenvalue weighted by Gasteiger charge is 2.07. The third-order valence-electron chi connectivity index (χ3n) is 2.42. The molecule has 0 spiro atoms. The Labute approximate surface area is 116 Å². The van der Waals surface area contributed by atoms with E-state index in [0.29, 0.717) is 23.6 Å². The fourth-order valence-electron chi connectivity index (χ4n) is 1.56. The van der Waals surface area contributed by atoms with Gasteiger partial charge in [-0.2, -0.15) is 0 Å². The number of nitrogens with zero attached hydrogens (tertiary/aromatic N) is 1. The Morgan fingerprint density at radius 3 is 2.55 bits per heavy atom. The number of carbonyl (C=O) groups is 1. The topological polar surface area (TPSA) is 104 Å². The molecule has 0 atom stereocenters. The maximum absolute atomic E-state index is 11.8. The van der Waals surface area contributed by atoms with Crippen LogP contribution >= 0.6 is 0 Å². The van der Waals surface area contributed by atoms with E-state index in [4.69, 9.17) is 0 Å². The lowest BCUT2D eigenvalue weighted by atomic mass is 10.2. The molecule has 0 aliphatic heterocycles. The van der Waals surface area contributed by atoms with Gasteiger partial charge in [-0.15, -0.1) is 0 Å². The summed E-state index contributed by atoms with van der Waals surface area (Å²) >= 11 is 0. The van der Waals surface area contributed by atoms with Crippen molar-refractivity contribution in [1.29, 1.82) is 0 Å². The number of hydrogen-bond acceptors (Lipinski definition) is 4. The monoisotopic (exact) mass is 294 g/mol. The number of amides is 1. The minimum absolute atomic E-state index is 0.257. The molecular formula is C12H14N4O3S. The average molecular weight is 294 g/mol. The van der Waals surface area contributed by atoms with Crippen molar-refractivity contribution < 1.29 is 13.2 Å². The molecule has 1 amide bonds. The molecule has 20 heavy (non-hydrogen) atoms. The summed E-state index contributed by atoms with van der Waals surface area (Å²) in [5.41, 5.74) is 0.852. The summed E-state index contributed by atoms with van der Waals surface area (Å²) in [5, 5.41) is 2.70. The normalized spacial score (nSPS) is 11.1. The van der Waals surface area contributed by atoms with Crippen LogP contribution in [-0.4, -0.2) is 30.5 Å². The second-order valence-corrected chi connectivity index (χ2v) is 5.92. The van der Waals surface area contributed by atoms with Gasteiger partial charge in [0, 0.05) is 23.6 Å². The molecule has 3 N–H and O–H groups in total. The van der Waals surface area contributed by atoms with Crippen molar-refractivity contribution >= 4 is 21.6 Å². The molecular weight excluding hydrogens is 280 g/mol. The van der Waals surface area contributed by atoms with Gasteiger partial charge in [0.1, 0.15) is 5.82 Å². The molecule has 8 heteroatoms. The fraction of sp³-hybridized carbons (Fsp3) is 0.167. The third-order valence-corrected chi connectivity index (χ3v) is 3.03. The molecule has 2 aromatic rings. The van der Waals surface area contributed by atoms with Crippen molar-refractivity contribution in [2.75, 3.05) is 11.0 Å². The van der Waals surface area contributed by atoms with E-state index in [-0.39, 0.29) is 5.91 Å². The molecule has 0 saturated carbocycles. The van der Waals surface area contributed by atoms with Gasteiger partial charge in [0.25, 0.3) is 5.91 Å². The Hall–Kier alpha value is -2.35. The minimum Gasteiger partial charge on any atom is -0.347 e. The molecule has 2 rings (SSSR count). The molecule has 0 aliphatic carbocycles.